The minimum absolute atomic E-state index is 0.0762. The third-order valence-corrected chi connectivity index (χ3v) is 3.50. The van der Waals surface area contributed by atoms with Crippen LogP contribution in [0, 0.1) is 6.92 Å². The van der Waals surface area contributed by atoms with Crippen molar-refractivity contribution in [3.05, 3.63) is 29.3 Å². The summed E-state index contributed by atoms with van der Waals surface area (Å²) >= 11 is 0. The van der Waals surface area contributed by atoms with Gasteiger partial charge in [0.2, 0.25) is 0 Å². The molecule has 0 spiro atoms. The molecule has 1 heterocycles. The van der Waals surface area contributed by atoms with E-state index in [1.807, 2.05) is 12.1 Å². The van der Waals surface area contributed by atoms with Crippen LogP contribution >= 0.6 is 0 Å². The first kappa shape index (κ1) is 12.4. The van der Waals surface area contributed by atoms with Crippen LogP contribution in [0.15, 0.2) is 18.2 Å². The van der Waals surface area contributed by atoms with Crippen molar-refractivity contribution in [2.45, 2.75) is 25.8 Å². The number of hydrogen-bond donors (Lipinski definition) is 1. The van der Waals surface area contributed by atoms with E-state index in [9.17, 15) is 5.11 Å². The van der Waals surface area contributed by atoms with E-state index in [0.29, 0.717) is 0 Å². The van der Waals surface area contributed by atoms with Crippen LogP contribution in [0.3, 0.4) is 0 Å². The summed E-state index contributed by atoms with van der Waals surface area (Å²) in [6.07, 6.45) is 2.45. The van der Waals surface area contributed by atoms with Crippen LogP contribution < -0.4 is 4.74 Å². The average molecular weight is 235 g/mol. The van der Waals surface area contributed by atoms with E-state index in [0.717, 1.165) is 24.4 Å². The molecular formula is C14H21NO2. The van der Waals surface area contributed by atoms with Crippen LogP contribution in [-0.4, -0.2) is 36.8 Å². The fourth-order valence-corrected chi connectivity index (χ4v) is 2.58. The second-order valence-corrected chi connectivity index (χ2v) is 4.69. The summed E-state index contributed by atoms with van der Waals surface area (Å²) in [7, 11) is 1.69. The molecule has 3 heteroatoms. The zero-order valence-electron chi connectivity index (χ0n) is 10.6. The molecule has 1 aromatic carbocycles. The minimum atomic E-state index is 0.0762. The van der Waals surface area contributed by atoms with Crippen molar-refractivity contribution in [2.75, 3.05) is 26.8 Å². The van der Waals surface area contributed by atoms with Crippen molar-refractivity contribution in [1.29, 1.82) is 0 Å². The van der Waals surface area contributed by atoms with Gasteiger partial charge in [-0.2, -0.15) is 0 Å². The standard InChI is InChI=1S/C14H21NO2/c1-11-5-6-14(17-2)12(9-11)13(10-16)15-7-3-4-8-15/h5-6,9,13,16H,3-4,7-8,10H2,1-2H3. The maximum absolute atomic E-state index is 9.65. The number of benzene rings is 1. The fraction of sp³-hybridized carbons (Fsp3) is 0.571. The summed E-state index contributed by atoms with van der Waals surface area (Å²) < 4.78 is 5.40. The number of nitrogens with zero attached hydrogens (tertiary/aromatic N) is 1. The SMILES string of the molecule is COc1ccc(C)cc1C(CO)N1CCCC1. The third-order valence-electron chi connectivity index (χ3n) is 3.50. The number of ether oxygens (including phenoxy) is 1. The molecule has 0 aromatic heterocycles. The van der Waals surface area contributed by atoms with Crippen molar-refractivity contribution >= 4 is 0 Å². The molecule has 1 aromatic rings. The Morgan fingerprint density at radius 1 is 1.35 bits per heavy atom. The lowest BCUT2D eigenvalue weighted by Gasteiger charge is -2.27. The molecule has 1 N–H and O–H groups in total. The van der Waals surface area contributed by atoms with Crippen LogP contribution in [0.5, 0.6) is 5.75 Å². The molecule has 2 rings (SSSR count). The van der Waals surface area contributed by atoms with Crippen molar-refractivity contribution < 1.29 is 9.84 Å². The fourth-order valence-electron chi connectivity index (χ4n) is 2.58. The van der Waals surface area contributed by atoms with Gasteiger partial charge in [0.1, 0.15) is 5.75 Å². The molecule has 0 radical (unpaired) electrons. The molecule has 1 aliphatic rings. The molecule has 94 valence electrons. The normalized spacial score (nSPS) is 18.3. The van der Waals surface area contributed by atoms with Gasteiger partial charge in [-0.05, 0) is 38.9 Å². The highest BCUT2D eigenvalue weighted by atomic mass is 16.5. The Hall–Kier alpha value is -1.06. The smallest absolute Gasteiger partial charge is 0.123 e. The summed E-state index contributed by atoms with van der Waals surface area (Å²) in [6, 6.07) is 6.23. The topological polar surface area (TPSA) is 32.7 Å². The highest BCUT2D eigenvalue weighted by Crippen LogP contribution is 2.32. The number of methoxy groups -OCH3 is 1. The van der Waals surface area contributed by atoms with E-state index < -0.39 is 0 Å². The number of aliphatic hydroxyl groups is 1. The van der Waals surface area contributed by atoms with Crippen LogP contribution in [0.4, 0.5) is 0 Å². The Morgan fingerprint density at radius 2 is 2.06 bits per heavy atom. The average Bonchev–Trinajstić information content (AvgIpc) is 2.84. The van der Waals surface area contributed by atoms with Crippen LogP contribution in [0.1, 0.15) is 30.0 Å². The van der Waals surface area contributed by atoms with Gasteiger partial charge in [-0.15, -0.1) is 0 Å². The number of likely N-dealkylation sites (tertiary alicyclic amines) is 1. The van der Waals surface area contributed by atoms with Crippen LogP contribution in [0.25, 0.3) is 0 Å². The molecule has 3 nitrogen and oxygen atoms in total. The van der Waals surface area contributed by atoms with Crippen molar-refractivity contribution in [3.63, 3.8) is 0 Å². The third kappa shape index (κ3) is 2.61. The maximum Gasteiger partial charge on any atom is 0.123 e. The molecule has 1 unspecified atom stereocenters. The Bertz CT molecular complexity index is 372. The Labute approximate surface area is 103 Å². The summed E-state index contributed by atoms with van der Waals surface area (Å²) in [5, 5.41) is 9.65. The molecule has 0 bridgehead atoms. The second-order valence-electron chi connectivity index (χ2n) is 4.69. The number of hydrogen-bond acceptors (Lipinski definition) is 3. The van der Waals surface area contributed by atoms with Crippen molar-refractivity contribution in [1.82, 2.24) is 4.90 Å². The van der Waals surface area contributed by atoms with Gasteiger partial charge >= 0.3 is 0 Å². The molecular weight excluding hydrogens is 214 g/mol. The summed E-state index contributed by atoms with van der Waals surface area (Å²) in [4.78, 5) is 2.34. The zero-order valence-corrected chi connectivity index (χ0v) is 10.6. The predicted octanol–water partition coefficient (Wildman–Crippen LogP) is 2.13. The maximum atomic E-state index is 9.65. The van der Waals surface area contributed by atoms with Gasteiger partial charge in [-0.3, -0.25) is 4.90 Å². The minimum Gasteiger partial charge on any atom is -0.496 e. The lowest BCUT2D eigenvalue weighted by molar-refractivity contribution is 0.144. The van der Waals surface area contributed by atoms with E-state index in [-0.39, 0.29) is 12.6 Å². The monoisotopic (exact) mass is 235 g/mol. The van der Waals surface area contributed by atoms with Crippen molar-refractivity contribution in [2.24, 2.45) is 0 Å². The van der Waals surface area contributed by atoms with E-state index in [1.54, 1.807) is 7.11 Å². The summed E-state index contributed by atoms with van der Waals surface area (Å²) in [5.74, 6) is 0.876. The first-order valence-electron chi connectivity index (χ1n) is 6.25. The van der Waals surface area contributed by atoms with Gasteiger partial charge in [-0.1, -0.05) is 17.7 Å². The first-order chi connectivity index (χ1) is 8.26. The van der Waals surface area contributed by atoms with Gasteiger partial charge in [0.25, 0.3) is 0 Å². The van der Waals surface area contributed by atoms with Gasteiger partial charge in [-0.25, -0.2) is 0 Å². The number of aryl methyl sites for hydroxylation is 1. The molecule has 17 heavy (non-hydrogen) atoms. The zero-order chi connectivity index (χ0) is 12.3. The lowest BCUT2D eigenvalue weighted by Crippen LogP contribution is -2.28. The Kier molecular flexibility index (Phi) is 4.02. The van der Waals surface area contributed by atoms with Crippen LogP contribution in [0.2, 0.25) is 0 Å². The first-order valence-corrected chi connectivity index (χ1v) is 6.25. The summed E-state index contributed by atoms with van der Waals surface area (Å²) in [5.41, 5.74) is 2.32. The molecule has 0 saturated carbocycles. The Morgan fingerprint density at radius 3 is 2.65 bits per heavy atom. The van der Waals surface area contributed by atoms with Crippen LogP contribution in [-0.2, 0) is 0 Å². The van der Waals surface area contributed by atoms with Crippen molar-refractivity contribution in [3.8, 4) is 5.75 Å². The summed E-state index contributed by atoms with van der Waals surface area (Å²) in [6.45, 7) is 4.37. The second kappa shape index (κ2) is 5.52. The number of aliphatic hydroxyl groups excluding tert-OH is 1. The molecule has 0 amide bonds. The van der Waals surface area contributed by atoms with Gasteiger partial charge in [0.15, 0.2) is 0 Å². The molecule has 1 saturated heterocycles. The molecule has 0 aliphatic carbocycles. The van der Waals surface area contributed by atoms with E-state index >= 15 is 0 Å². The lowest BCUT2D eigenvalue weighted by atomic mass is 10.0. The van der Waals surface area contributed by atoms with Gasteiger partial charge in [0.05, 0.1) is 19.8 Å². The van der Waals surface area contributed by atoms with Gasteiger partial charge in [0, 0.05) is 5.56 Å². The quantitative estimate of drug-likeness (QED) is 0.868. The molecule has 1 fully saturated rings. The van der Waals surface area contributed by atoms with E-state index in [1.165, 1.54) is 18.4 Å². The molecule has 1 aliphatic heterocycles. The van der Waals surface area contributed by atoms with E-state index in [2.05, 4.69) is 17.9 Å². The van der Waals surface area contributed by atoms with E-state index in [4.69, 9.17) is 4.74 Å². The molecule has 1 atom stereocenters. The highest BCUT2D eigenvalue weighted by molar-refractivity contribution is 5.39. The highest BCUT2D eigenvalue weighted by Gasteiger charge is 2.25. The predicted molar refractivity (Wildman–Crippen MR) is 68.4 cm³/mol. The van der Waals surface area contributed by atoms with Gasteiger partial charge < -0.3 is 9.84 Å². The largest absolute Gasteiger partial charge is 0.496 e. The Balaban J connectivity index is 2.31. The number of rotatable bonds is 4.